The Morgan fingerprint density at radius 1 is 1.19 bits per heavy atom. The van der Waals surface area contributed by atoms with Crippen LogP contribution in [0.3, 0.4) is 0 Å². The molecule has 0 radical (unpaired) electrons. The number of carbonyl (C=O) groups is 1. The normalized spacial score (nSPS) is 19.3. The Kier molecular flexibility index (Phi) is 6.69. The van der Waals surface area contributed by atoms with Crippen molar-refractivity contribution in [3.63, 3.8) is 0 Å². The SMILES string of the molecule is CCOc1cc(C(=O)NC2CCCCC2C)ccc1OCc1cccnc1. The molecule has 2 unspecified atom stereocenters. The van der Waals surface area contributed by atoms with Crippen LogP contribution in [0.1, 0.15) is 55.5 Å². The van der Waals surface area contributed by atoms with Crippen molar-refractivity contribution >= 4 is 5.91 Å². The van der Waals surface area contributed by atoms with E-state index < -0.39 is 0 Å². The van der Waals surface area contributed by atoms with Gasteiger partial charge in [-0.25, -0.2) is 0 Å². The first kappa shape index (κ1) is 19.2. The van der Waals surface area contributed by atoms with E-state index in [2.05, 4.69) is 17.2 Å². The third-order valence-corrected chi connectivity index (χ3v) is 5.05. The highest BCUT2D eigenvalue weighted by molar-refractivity contribution is 5.95. The predicted molar refractivity (Wildman–Crippen MR) is 105 cm³/mol. The van der Waals surface area contributed by atoms with Crippen molar-refractivity contribution < 1.29 is 14.3 Å². The van der Waals surface area contributed by atoms with E-state index in [4.69, 9.17) is 9.47 Å². The molecule has 1 saturated carbocycles. The molecule has 1 aliphatic rings. The third-order valence-electron chi connectivity index (χ3n) is 5.05. The number of carbonyl (C=O) groups excluding carboxylic acids is 1. The lowest BCUT2D eigenvalue weighted by Gasteiger charge is -2.29. The number of rotatable bonds is 7. The maximum atomic E-state index is 12.7. The van der Waals surface area contributed by atoms with Gasteiger partial charge in [-0.2, -0.15) is 0 Å². The number of ether oxygens (including phenoxy) is 2. The second kappa shape index (κ2) is 9.40. The second-order valence-electron chi connectivity index (χ2n) is 7.09. The Morgan fingerprint density at radius 2 is 2.04 bits per heavy atom. The van der Waals surface area contributed by atoms with E-state index in [0.29, 0.717) is 36.2 Å². The zero-order valence-electron chi connectivity index (χ0n) is 16.1. The van der Waals surface area contributed by atoms with Gasteiger partial charge in [0.25, 0.3) is 5.91 Å². The van der Waals surface area contributed by atoms with Gasteiger partial charge in [0.2, 0.25) is 0 Å². The van der Waals surface area contributed by atoms with Crippen molar-refractivity contribution in [3.05, 3.63) is 53.9 Å². The quantitative estimate of drug-likeness (QED) is 0.788. The number of benzene rings is 1. The highest BCUT2D eigenvalue weighted by Gasteiger charge is 2.23. The molecular formula is C22H28N2O3. The number of hydrogen-bond donors (Lipinski definition) is 1. The minimum atomic E-state index is -0.0477. The third kappa shape index (κ3) is 5.22. The maximum Gasteiger partial charge on any atom is 0.251 e. The van der Waals surface area contributed by atoms with E-state index in [-0.39, 0.29) is 11.9 Å². The molecule has 5 heteroatoms. The number of hydrogen-bond acceptors (Lipinski definition) is 4. The maximum absolute atomic E-state index is 12.7. The van der Waals surface area contributed by atoms with Gasteiger partial charge in [-0.1, -0.05) is 25.8 Å². The second-order valence-corrected chi connectivity index (χ2v) is 7.09. The Hall–Kier alpha value is -2.56. The summed E-state index contributed by atoms with van der Waals surface area (Å²) < 4.78 is 11.6. The van der Waals surface area contributed by atoms with Crippen molar-refractivity contribution in [1.29, 1.82) is 0 Å². The molecule has 0 aliphatic heterocycles. The van der Waals surface area contributed by atoms with Crippen LogP contribution < -0.4 is 14.8 Å². The van der Waals surface area contributed by atoms with Crippen LogP contribution in [0.15, 0.2) is 42.7 Å². The van der Waals surface area contributed by atoms with Crippen LogP contribution in [-0.2, 0) is 6.61 Å². The fourth-order valence-electron chi connectivity index (χ4n) is 3.46. The average Bonchev–Trinajstić information content (AvgIpc) is 2.69. The van der Waals surface area contributed by atoms with E-state index in [1.54, 1.807) is 30.6 Å². The molecule has 27 heavy (non-hydrogen) atoms. The van der Waals surface area contributed by atoms with E-state index in [1.807, 2.05) is 19.1 Å². The Bertz CT molecular complexity index is 748. The summed E-state index contributed by atoms with van der Waals surface area (Å²) in [5, 5.41) is 3.19. The first-order chi connectivity index (χ1) is 13.2. The smallest absolute Gasteiger partial charge is 0.251 e. The van der Waals surface area contributed by atoms with Crippen molar-refractivity contribution in [3.8, 4) is 11.5 Å². The van der Waals surface area contributed by atoms with Crippen molar-refractivity contribution in [2.24, 2.45) is 5.92 Å². The Balaban J connectivity index is 1.69. The summed E-state index contributed by atoms with van der Waals surface area (Å²) in [6, 6.07) is 9.46. The molecule has 1 N–H and O–H groups in total. The fourth-order valence-corrected chi connectivity index (χ4v) is 3.46. The van der Waals surface area contributed by atoms with Crippen LogP contribution in [0.5, 0.6) is 11.5 Å². The van der Waals surface area contributed by atoms with Crippen LogP contribution in [0.4, 0.5) is 0 Å². The number of pyridine rings is 1. The van der Waals surface area contributed by atoms with Crippen molar-refractivity contribution in [1.82, 2.24) is 10.3 Å². The van der Waals surface area contributed by atoms with E-state index in [1.165, 1.54) is 19.3 Å². The fraction of sp³-hybridized carbons (Fsp3) is 0.455. The van der Waals surface area contributed by atoms with Gasteiger partial charge in [0.1, 0.15) is 6.61 Å². The molecule has 0 spiro atoms. The van der Waals surface area contributed by atoms with Gasteiger partial charge < -0.3 is 14.8 Å². The van der Waals surface area contributed by atoms with Crippen LogP contribution >= 0.6 is 0 Å². The molecule has 1 amide bonds. The minimum absolute atomic E-state index is 0.0477. The number of nitrogens with zero attached hydrogens (tertiary/aromatic N) is 1. The summed E-state index contributed by atoms with van der Waals surface area (Å²) in [6.45, 7) is 5.04. The van der Waals surface area contributed by atoms with E-state index in [9.17, 15) is 4.79 Å². The van der Waals surface area contributed by atoms with Gasteiger partial charge in [-0.05, 0) is 49.9 Å². The summed E-state index contributed by atoms with van der Waals surface area (Å²) in [5.74, 6) is 1.69. The summed E-state index contributed by atoms with van der Waals surface area (Å²) in [6.07, 6.45) is 8.17. The summed E-state index contributed by atoms with van der Waals surface area (Å²) in [4.78, 5) is 16.8. The summed E-state index contributed by atoms with van der Waals surface area (Å²) in [7, 11) is 0. The van der Waals surface area contributed by atoms with Crippen LogP contribution in [-0.4, -0.2) is 23.5 Å². The zero-order valence-corrected chi connectivity index (χ0v) is 16.1. The molecule has 0 bridgehead atoms. The summed E-state index contributed by atoms with van der Waals surface area (Å²) >= 11 is 0. The van der Waals surface area contributed by atoms with Crippen molar-refractivity contribution in [2.45, 2.75) is 52.2 Å². The van der Waals surface area contributed by atoms with E-state index >= 15 is 0 Å². The molecule has 1 aromatic heterocycles. The van der Waals surface area contributed by atoms with Gasteiger partial charge in [-0.15, -0.1) is 0 Å². The van der Waals surface area contributed by atoms with Gasteiger partial charge >= 0.3 is 0 Å². The standard InChI is InChI=1S/C22H28N2O3/c1-3-26-21-13-18(22(25)24-19-9-5-4-7-16(19)2)10-11-20(21)27-15-17-8-6-12-23-14-17/h6,8,10-14,16,19H,3-5,7,9,15H2,1-2H3,(H,24,25). The lowest BCUT2D eigenvalue weighted by Crippen LogP contribution is -2.41. The lowest BCUT2D eigenvalue weighted by molar-refractivity contribution is 0.0909. The van der Waals surface area contributed by atoms with Gasteiger partial charge in [0, 0.05) is 29.6 Å². The molecule has 1 fully saturated rings. The Morgan fingerprint density at radius 3 is 2.78 bits per heavy atom. The minimum Gasteiger partial charge on any atom is -0.490 e. The molecule has 144 valence electrons. The molecule has 1 aliphatic carbocycles. The monoisotopic (exact) mass is 368 g/mol. The Labute approximate surface area is 161 Å². The van der Waals surface area contributed by atoms with Gasteiger partial charge in [0.15, 0.2) is 11.5 Å². The number of amides is 1. The summed E-state index contributed by atoms with van der Waals surface area (Å²) in [5.41, 5.74) is 1.58. The molecule has 2 atom stereocenters. The number of aromatic nitrogens is 1. The van der Waals surface area contributed by atoms with Crippen molar-refractivity contribution in [2.75, 3.05) is 6.61 Å². The molecule has 3 rings (SSSR count). The average molecular weight is 368 g/mol. The topological polar surface area (TPSA) is 60.5 Å². The lowest BCUT2D eigenvalue weighted by atomic mass is 9.86. The highest BCUT2D eigenvalue weighted by Crippen LogP contribution is 2.30. The molecule has 1 heterocycles. The predicted octanol–water partition coefficient (Wildman–Crippen LogP) is 4.37. The van der Waals surface area contributed by atoms with Crippen LogP contribution in [0.2, 0.25) is 0 Å². The van der Waals surface area contributed by atoms with Crippen LogP contribution in [0.25, 0.3) is 0 Å². The van der Waals surface area contributed by atoms with Gasteiger partial charge in [-0.3, -0.25) is 9.78 Å². The van der Waals surface area contributed by atoms with Gasteiger partial charge in [0.05, 0.1) is 6.61 Å². The first-order valence-electron chi connectivity index (χ1n) is 9.76. The first-order valence-corrected chi connectivity index (χ1v) is 9.76. The largest absolute Gasteiger partial charge is 0.490 e. The molecule has 0 saturated heterocycles. The highest BCUT2D eigenvalue weighted by atomic mass is 16.5. The molecule has 1 aromatic carbocycles. The van der Waals surface area contributed by atoms with Crippen LogP contribution in [0, 0.1) is 5.92 Å². The van der Waals surface area contributed by atoms with E-state index in [0.717, 1.165) is 12.0 Å². The molecular weight excluding hydrogens is 340 g/mol. The number of nitrogens with one attached hydrogen (secondary N) is 1. The molecule has 2 aromatic rings. The molecule has 5 nitrogen and oxygen atoms in total. The zero-order chi connectivity index (χ0) is 19.1.